The Bertz CT molecular complexity index is 472. The topological polar surface area (TPSA) is 12.9 Å². The highest BCUT2D eigenvalue weighted by Gasteiger charge is 2.02. The van der Waals surface area contributed by atoms with Crippen LogP contribution in [0.3, 0.4) is 0 Å². The maximum Gasteiger partial charge on any atom is 0.0704 e. The summed E-state index contributed by atoms with van der Waals surface area (Å²) in [7, 11) is 0. The third-order valence-electron chi connectivity index (χ3n) is 2.41. The van der Waals surface area contributed by atoms with Crippen molar-refractivity contribution in [3.8, 4) is 11.3 Å². The smallest absolute Gasteiger partial charge is 0.0704 e. The summed E-state index contributed by atoms with van der Waals surface area (Å²) in [5.74, 6) is -0.577. The highest BCUT2D eigenvalue weighted by molar-refractivity contribution is 5.59. The SMILES string of the molecule is [2H]C(C)(C)c1ccnc(-c2ccccc2)c1. The van der Waals surface area contributed by atoms with E-state index in [-0.39, 0.29) is 0 Å². The molecule has 0 fully saturated rings. The summed E-state index contributed by atoms with van der Waals surface area (Å²) < 4.78 is 8.00. The fraction of sp³-hybridized carbons (Fsp3) is 0.214. The van der Waals surface area contributed by atoms with Gasteiger partial charge in [-0.15, -0.1) is 0 Å². The predicted molar refractivity (Wildman–Crippen MR) is 63.8 cm³/mol. The van der Waals surface area contributed by atoms with Crippen LogP contribution in [0.25, 0.3) is 11.3 Å². The van der Waals surface area contributed by atoms with Gasteiger partial charge in [0.2, 0.25) is 0 Å². The average Bonchev–Trinajstić information content (AvgIpc) is 2.29. The fourth-order valence-corrected chi connectivity index (χ4v) is 1.51. The van der Waals surface area contributed by atoms with E-state index in [9.17, 15) is 0 Å². The maximum atomic E-state index is 8.00. The molecule has 1 nitrogen and oxygen atoms in total. The Morgan fingerprint density at radius 3 is 2.53 bits per heavy atom. The second-order valence-electron chi connectivity index (χ2n) is 3.80. The number of hydrogen-bond donors (Lipinski definition) is 0. The van der Waals surface area contributed by atoms with Crippen LogP contribution in [0.4, 0.5) is 0 Å². The molecule has 0 aliphatic rings. The first kappa shape index (κ1) is 8.66. The third-order valence-corrected chi connectivity index (χ3v) is 2.41. The van der Waals surface area contributed by atoms with Crippen molar-refractivity contribution in [3.05, 3.63) is 54.2 Å². The van der Waals surface area contributed by atoms with Crippen LogP contribution in [-0.4, -0.2) is 4.98 Å². The van der Waals surface area contributed by atoms with Crippen LogP contribution in [0.5, 0.6) is 0 Å². The summed E-state index contributed by atoms with van der Waals surface area (Å²) in [6.07, 6.45) is 1.77. The zero-order valence-electron chi connectivity index (χ0n) is 10.1. The summed E-state index contributed by atoms with van der Waals surface area (Å²) in [5.41, 5.74) is 3.01. The minimum absolute atomic E-state index is 0.577. The highest BCUT2D eigenvalue weighted by Crippen LogP contribution is 2.21. The van der Waals surface area contributed by atoms with E-state index in [0.29, 0.717) is 0 Å². The van der Waals surface area contributed by atoms with Gasteiger partial charge in [0.05, 0.1) is 5.69 Å². The number of nitrogens with zero attached hydrogens (tertiary/aromatic N) is 1. The van der Waals surface area contributed by atoms with E-state index >= 15 is 0 Å². The molecule has 0 saturated heterocycles. The molecule has 1 heterocycles. The largest absolute Gasteiger partial charge is 0.256 e. The van der Waals surface area contributed by atoms with E-state index in [1.54, 1.807) is 6.20 Å². The van der Waals surface area contributed by atoms with Crippen molar-refractivity contribution in [3.63, 3.8) is 0 Å². The molecular weight excluding hydrogens is 182 g/mol. The van der Waals surface area contributed by atoms with Gasteiger partial charge in [-0.2, -0.15) is 0 Å². The number of rotatable bonds is 2. The number of aromatic nitrogens is 1. The molecule has 0 aliphatic carbocycles. The van der Waals surface area contributed by atoms with Crippen molar-refractivity contribution in [2.24, 2.45) is 0 Å². The van der Waals surface area contributed by atoms with Crippen LogP contribution in [0.15, 0.2) is 48.7 Å². The Hall–Kier alpha value is -1.63. The Labute approximate surface area is 92.2 Å². The van der Waals surface area contributed by atoms with Crippen LogP contribution in [0.1, 0.15) is 26.7 Å². The first-order valence-electron chi connectivity index (χ1n) is 5.59. The Morgan fingerprint density at radius 2 is 1.87 bits per heavy atom. The van der Waals surface area contributed by atoms with Gasteiger partial charge in [0.25, 0.3) is 0 Å². The summed E-state index contributed by atoms with van der Waals surface area (Å²) in [6, 6.07) is 13.9. The molecule has 0 bridgehead atoms. The van der Waals surface area contributed by atoms with Gasteiger partial charge in [-0.3, -0.25) is 4.98 Å². The van der Waals surface area contributed by atoms with E-state index < -0.39 is 5.89 Å². The van der Waals surface area contributed by atoms with Crippen molar-refractivity contribution < 1.29 is 1.37 Å². The minimum atomic E-state index is -0.577. The molecule has 2 rings (SSSR count). The van der Waals surface area contributed by atoms with Gasteiger partial charge in [-0.05, 0) is 23.6 Å². The van der Waals surface area contributed by atoms with Gasteiger partial charge in [0, 0.05) is 13.1 Å². The molecule has 76 valence electrons. The molecule has 2 aromatic rings. The average molecular weight is 198 g/mol. The van der Waals surface area contributed by atoms with E-state index in [0.717, 1.165) is 16.8 Å². The fourth-order valence-electron chi connectivity index (χ4n) is 1.51. The van der Waals surface area contributed by atoms with Crippen LogP contribution in [-0.2, 0) is 0 Å². The summed E-state index contributed by atoms with van der Waals surface area (Å²) in [6.45, 7) is 3.77. The highest BCUT2D eigenvalue weighted by atomic mass is 14.7. The van der Waals surface area contributed by atoms with Gasteiger partial charge < -0.3 is 0 Å². The zero-order valence-corrected chi connectivity index (χ0v) is 9.07. The molecule has 0 aliphatic heterocycles. The minimum Gasteiger partial charge on any atom is -0.256 e. The number of pyridine rings is 1. The summed E-state index contributed by atoms with van der Waals surface area (Å²) in [4.78, 5) is 4.34. The molecule has 0 radical (unpaired) electrons. The molecule has 0 atom stereocenters. The first-order valence-corrected chi connectivity index (χ1v) is 5.09. The van der Waals surface area contributed by atoms with Crippen molar-refractivity contribution in [1.29, 1.82) is 0 Å². The molecule has 0 N–H and O–H groups in total. The molecule has 0 saturated carbocycles. The first-order chi connectivity index (χ1) is 7.57. The Kier molecular flexibility index (Phi) is 2.46. The zero-order chi connectivity index (χ0) is 11.6. The van der Waals surface area contributed by atoms with Crippen LogP contribution in [0.2, 0.25) is 0 Å². The monoisotopic (exact) mass is 198 g/mol. The quantitative estimate of drug-likeness (QED) is 0.713. The lowest BCUT2D eigenvalue weighted by molar-refractivity contribution is 0.864. The van der Waals surface area contributed by atoms with E-state index in [2.05, 4.69) is 4.98 Å². The van der Waals surface area contributed by atoms with Crippen LogP contribution in [0, 0.1) is 0 Å². The van der Waals surface area contributed by atoms with Crippen LogP contribution >= 0.6 is 0 Å². The second-order valence-corrected chi connectivity index (χ2v) is 3.80. The van der Waals surface area contributed by atoms with Gasteiger partial charge in [-0.25, -0.2) is 0 Å². The molecule has 1 aromatic carbocycles. The van der Waals surface area contributed by atoms with Gasteiger partial charge >= 0.3 is 0 Å². The van der Waals surface area contributed by atoms with Gasteiger partial charge in [0.15, 0.2) is 0 Å². The van der Waals surface area contributed by atoms with Crippen molar-refractivity contribution in [1.82, 2.24) is 4.98 Å². The van der Waals surface area contributed by atoms with Gasteiger partial charge in [0.1, 0.15) is 0 Å². The molecular formula is C14H15N. The molecule has 15 heavy (non-hydrogen) atoms. The van der Waals surface area contributed by atoms with Crippen molar-refractivity contribution in [2.75, 3.05) is 0 Å². The maximum absolute atomic E-state index is 8.00. The van der Waals surface area contributed by atoms with E-state index in [1.807, 2.05) is 56.3 Å². The molecule has 0 amide bonds. The summed E-state index contributed by atoms with van der Waals surface area (Å²) in [5, 5.41) is 0. The Balaban J connectivity index is 2.45. The third kappa shape index (κ3) is 2.24. The normalized spacial score (nSPS) is 12.3. The van der Waals surface area contributed by atoms with Crippen molar-refractivity contribution in [2.45, 2.75) is 19.7 Å². The number of hydrogen-bond acceptors (Lipinski definition) is 1. The second kappa shape index (κ2) is 4.26. The lowest BCUT2D eigenvalue weighted by Crippen LogP contribution is -1.90. The van der Waals surface area contributed by atoms with E-state index in [1.165, 1.54) is 0 Å². The molecule has 1 aromatic heterocycles. The molecule has 1 heteroatoms. The standard InChI is InChI=1S/C14H15N/c1-11(2)13-8-9-15-14(10-13)12-6-4-3-5-7-12/h3-11H,1-2H3/i11D. The lowest BCUT2D eigenvalue weighted by Gasteiger charge is -2.07. The number of benzene rings is 1. The van der Waals surface area contributed by atoms with Gasteiger partial charge in [-0.1, -0.05) is 44.2 Å². The van der Waals surface area contributed by atoms with E-state index in [4.69, 9.17) is 1.37 Å². The predicted octanol–water partition coefficient (Wildman–Crippen LogP) is 3.87. The Morgan fingerprint density at radius 1 is 1.13 bits per heavy atom. The summed E-state index contributed by atoms with van der Waals surface area (Å²) >= 11 is 0. The molecule has 0 spiro atoms. The molecule has 0 unspecified atom stereocenters. The lowest BCUT2D eigenvalue weighted by atomic mass is 10.0. The van der Waals surface area contributed by atoms with Crippen LogP contribution < -0.4 is 0 Å². The van der Waals surface area contributed by atoms with Crippen molar-refractivity contribution >= 4 is 0 Å².